The highest BCUT2D eigenvalue weighted by molar-refractivity contribution is 5.76. The van der Waals surface area contributed by atoms with E-state index >= 15 is 0 Å². The Morgan fingerprint density at radius 2 is 2.15 bits per heavy atom. The number of benzene rings is 1. The van der Waals surface area contributed by atoms with Gasteiger partial charge in [-0.3, -0.25) is 10.1 Å². The van der Waals surface area contributed by atoms with Gasteiger partial charge in [-0.2, -0.15) is 0 Å². The Balaban J connectivity index is 3.05. The fourth-order valence-electron chi connectivity index (χ4n) is 1.74. The predicted molar refractivity (Wildman–Crippen MR) is 75.0 cm³/mol. The van der Waals surface area contributed by atoms with Crippen LogP contribution in [0.4, 0.5) is 17.1 Å². The molecule has 0 aliphatic carbocycles. The molecule has 1 aromatic rings. The Morgan fingerprint density at radius 3 is 2.70 bits per heavy atom. The Kier molecular flexibility index (Phi) is 6.16. The Bertz CT molecular complexity index is 455. The lowest BCUT2D eigenvalue weighted by Crippen LogP contribution is -2.25. The molecule has 0 fully saturated rings. The molecule has 8 nitrogen and oxygen atoms in total. The second-order valence-corrected chi connectivity index (χ2v) is 4.29. The molecule has 0 radical (unpaired) electrons. The van der Waals surface area contributed by atoms with Crippen LogP contribution in [0.3, 0.4) is 0 Å². The van der Waals surface area contributed by atoms with Crippen LogP contribution in [0.25, 0.3) is 0 Å². The van der Waals surface area contributed by atoms with Gasteiger partial charge in [0.1, 0.15) is 11.4 Å². The monoisotopic (exact) mass is 285 g/mol. The lowest BCUT2D eigenvalue weighted by atomic mass is 10.2. The number of rotatable bonds is 8. The fourth-order valence-corrected chi connectivity index (χ4v) is 1.74. The zero-order valence-corrected chi connectivity index (χ0v) is 11.2. The van der Waals surface area contributed by atoms with Crippen molar-refractivity contribution in [1.29, 1.82) is 0 Å². The quantitative estimate of drug-likeness (QED) is 0.385. The Hall–Kier alpha value is -1.90. The minimum atomic E-state index is -0.992. The molecule has 0 heterocycles. The van der Waals surface area contributed by atoms with Gasteiger partial charge in [0, 0.05) is 20.1 Å². The molecule has 1 rings (SSSR count). The second-order valence-electron chi connectivity index (χ2n) is 4.29. The number of nitrogens with zero attached hydrogens (tertiary/aromatic N) is 2. The van der Waals surface area contributed by atoms with Crippen molar-refractivity contribution >= 4 is 17.1 Å². The number of hydrogen-bond acceptors (Lipinski definition) is 7. The van der Waals surface area contributed by atoms with Gasteiger partial charge in [-0.15, -0.1) is 0 Å². The van der Waals surface area contributed by atoms with E-state index in [-0.39, 0.29) is 31.1 Å². The van der Waals surface area contributed by atoms with E-state index in [9.17, 15) is 15.2 Å². The van der Waals surface area contributed by atoms with Gasteiger partial charge in [-0.25, -0.2) is 0 Å². The third-order valence-corrected chi connectivity index (χ3v) is 2.78. The van der Waals surface area contributed by atoms with Crippen LogP contribution < -0.4 is 10.2 Å². The molecular weight excluding hydrogens is 266 g/mol. The highest BCUT2D eigenvalue weighted by Gasteiger charge is 2.22. The maximum atomic E-state index is 11.2. The SMILES string of the molecule is CN(CCO)c1cccc(NCC(O)CO)c1[N+](=O)[O-]. The average molecular weight is 285 g/mol. The summed E-state index contributed by atoms with van der Waals surface area (Å²) in [6.07, 6.45) is -0.992. The van der Waals surface area contributed by atoms with Crippen LogP contribution in [0, 0.1) is 10.1 Å². The molecule has 0 aromatic heterocycles. The van der Waals surface area contributed by atoms with Gasteiger partial charge in [-0.05, 0) is 12.1 Å². The third-order valence-electron chi connectivity index (χ3n) is 2.78. The van der Waals surface area contributed by atoms with Crippen molar-refractivity contribution in [3.8, 4) is 0 Å². The topological polar surface area (TPSA) is 119 Å². The predicted octanol–water partition coefficient (Wildman–Crippen LogP) is -0.212. The van der Waals surface area contributed by atoms with Crippen LogP contribution in [-0.2, 0) is 0 Å². The fraction of sp³-hybridized carbons (Fsp3) is 0.500. The molecule has 0 bridgehead atoms. The highest BCUT2D eigenvalue weighted by atomic mass is 16.6. The summed E-state index contributed by atoms with van der Waals surface area (Å²) < 4.78 is 0. The Morgan fingerprint density at radius 1 is 1.45 bits per heavy atom. The van der Waals surface area contributed by atoms with Gasteiger partial charge in [0.05, 0.1) is 24.2 Å². The number of aliphatic hydroxyl groups is 3. The summed E-state index contributed by atoms with van der Waals surface area (Å²) in [5.41, 5.74) is 0.492. The number of hydrogen-bond donors (Lipinski definition) is 4. The number of nitro benzene ring substituents is 1. The molecule has 112 valence electrons. The zero-order chi connectivity index (χ0) is 15.1. The molecule has 4 N–H and O–H groups in total. The summed E-state index contributed by atoms with van der Waals surface area (Å²) in [7, 11) is 1.64. The maximum Gasteiger partial charge on any atom is 0.315 e. The first kappa shape index (κ1) is 16.2. The normalized spacial score (nSPS) is 12.0. The molecule has 0 aliphatic rings. The first-order valence-corrected chi connectivity index (χ1v) is 6.13. The van der Waals surface area contributed by atoms with E-state index in [1.165, 1.54) is 6.07 Å². The third kappa shape index (κ3) is 4.05. The summed E-state index contributed by atoms with van der Waals surface area (Å²) >= 11 is 0. The first-order chi connectivity index (χ1) is 9.51. The van der Waals surface area contributed by atoms with E-state index in [0.29, 0.717) is 5.69 Å². The van der Waals surface area contributed by atoms with E-state index in [1.54, 1.807) is 24.1 Å². The van der Waals surface area contributed by atoms with Crippen LogP contribution >= 0.6 is 0 Å². The van der Waals surface area contributed by atoms with Gasteiger partial charge in [0.2, 0.25) is 0 Å². The number of likely N-dealkylation sites (N-methyl/N-ethyl adjacent to an activating group) is 1. The van der Waals surface area contributed by atoms with Crippen LogP contribution in [0.2, 0.25) is 0 Å². The van der Waals surface area contributed by atoms with Crippen molar-refractivity contribution in [2.24, 2.45) is 0 Å². The van der Waals surface area contributed by atoms with Crippen LogP contribution in [0.15, 0.2) is 18.2 Å². The van der Waals surface area contributed by atoms with Crippen molar-refractivity contribution in [1.82, 2.24) is 0 Å². The minimum absolute atomic E-state index is 0.00447. The van der Waals surface area contributed by atoms with E-state index in [0.717, 1.165) is 0 Å². The largest absolute Gasteiger partial charge is 0.395 e. The molecule has 0 aliphatic heterocycles. The van der Waals surface area contributed by atoms with Crippen molar-refractivity contribution in [2.45, 2.75) is 6.10 Å². The number of aliphatic hydroxyl groups excluding tert-OH is 3. The summed E-state index contributed by atoms with van der Waals surface area (Å²) in [6.45, 7) is -0.270. The van der Waals surface area contributed by atoms with E-state index < -0.39 is 17.6 Å². The summed E-state index contributed by atoms with van der Waals surface area (Å²) in [4.78, 5) is 12.3. The minimum Gasteiger partial charge on any atom is -0.395 e. The molecule has 0 saturated carbocycles. The number of nitrogens with one attached hydrogen (secondary N) is 1. The van der Waals surface area contributed by atoms with Crippen LogP contribution in [0.1, 0.15) is 0 Å². The summed E-state index contributed by atoms with van der Waals surface area (Å²) in [5, 5.41) is 40.9. The molecule has 0 amide bonds. The molecule has 1 atom stereocenters. The van der Waals surface area contributed by atoms with Crippen LogP contribution in [-0.4, -0.2) is 59.7 Å². The molecule has 0 saturated heterocycles. The number of para-hydroxylation sites is 1. The van der Waals surface area contributed by atoms with Gasteiger partial charge in [0.25, 0.3) is 0 Å². The van der Waals surface area contributed by atoms with Gasteiger partial charge < -0.3 is 25.5 Å². The van der Waals surface area contributed by atoms with Crippen LogP contribution in [0.5, 0.6) is 0 Å². The van der Waals surface area contributed by atoms with E-state index in [4.69, 9.17) is 10.2 Å². The average Bonchev–Trinajstić information content (AvgIpc) is 2.44. The van der Waals surface area contributed by atoms with Crippen molar-refractivity contribution < 1.29 is 20.2 Å². The molecule has 8 heteroatoms. The van der Waals surface area contributed by atoms with Crippen molar-refractivity contribution in [3.05, 3.63) is 28.3 Å². The highest BCUT2D eigenvalue weighted by Crippen LogP contribution is 2.34. The zero-order valence-electron chi connectivity index (χ0n) is 11.2. The Labute approximate surface area is 116 Å². The summed E-state index contributed by atoms with van der Waals surface area (Å²) in [5.74, 6) is 0. The molecule has 0 spiro atoms. The maximum absolute atomic E-state index is 11.2. The van der Waals surface area contributed by atoms with Gasteiger partial charge >= 0.3 is 5.69 Å². The first-order valence-electron chi connectivity index (χ1n) is 6.13. The van der Waals surface area contributed by atoms with Crippen molar-refractivity contribution in [2.75, 3.05) is 43.6 Å². The lowest BCUT2D eigenvalue weighted by Gasteiger charge is -2.19. The molecule has 1 unspecified atom stereocenters. The van der Waals surface area contributed by atoms with Gasteiger partial charge in [0.15, 0.2) is 0 Å². The standard InChI is InChI=1S/C12H19N3O5/c1-14(5-6-16)11-4-2-3-10(12(11)15(19)20)13-7-9(18)8-17/h2-4,9,13,16-18H,5-8H2,1H3. The summed E-state index contributed by atoms with van der Waals surface area (Å²) in [6, 6.07) is 4.75. The number of nitro groups is 1. The van der Waals surface area contributed by atoms with E-state index in [2.05, 4.69) is 5.32 Å². The smallest absolute Gasteiger partial charge is 0.315 e. The number of anilines is 2. The lowest BCUT2D eigenvalue weighted by molar-refractivity contribution is -0.383. The van der Waals surface area contributed by atoms with Gasteiger partial charge in [-0.1, -0.05) is 6.07 Å². The second kappa shape index (κ2) is 7.63. The molecular formula is C12H19N3O5. The van der Waals surface area contributed by atoms with Crippen molar-refractivity contribution in [3.63, 3.8) is 0 Å². The van der Waals surface area contributed by atoms with E-state index in [1.807, 2.05) is 0 Å². The molecule has 1 aromatic carbocycles. The molecule has 20 heavy (non-hydrogen) atoms.